The van der Waals surface area contributed by atoms with Crippen LogP contribution in [0.25, 0.3) is 0 Å². The fourth-order valence-corrected chi connectivity index (χ4v) is 4.47. The zero-order valence-corrected chi connectivity index (χ0v) is 11.1. The van der Waals surface area contributed by atoms with Crippen molar-refractivity contribution in [3.8, 4) is 0 Å². The topological polar surface area (TPSA) is 66.4 Å². The van der Waals surface area contributed by atoms with E-state index in [9.17, 15) is 8.42 Å². The number of aliphatic hydroxyl groups excluding tert-OH is 1. The molecule has 0 radical (unpaired) electrons. The number of hydrogen-bond acceptors (Lipinski definition) is 4. The van der Waals surface area contributed by atoms with Gasteiger partial charge in [-0.2, -0.15) is 0 Å². The zero-order chi connectivity index (χ0) is 12.3. The molecule has 2 N–H and O–H groups in total. The second-order valence-corrected chi connectivity index (χ2v) is 7.34. The minimum absolute atomic E-state index is 0.0184. The molecule has 17 heavy (non-hydrogen) atoms. The molecular formula is C11H17NO3S2. The number of rotatable bonds is 4. The molecule has 0 amide bonds. The Morgan fingerprint density at radius 1 is 1.35 bits per heavy atom. The van der Waals surface area contributed by atoms with Crippen molar-refractivity contribution < 1.29 is 13.5 Å². The van der Waals surface area contributed by atoms with Crippen LogP contribution in [-0.2, 0) is 10.0 Å². The predicted octanol–water partition coefficient (Wildman–Crippen LogP) is 1.58. The minimum Gasteiger partial charge on any atom is -0.396 e. The first-order chi connectivity index (χ1) is 8.12. The van der Waals surface area contributed by atoms with Gasteiger partial charge in [0.1, 0.15) is 4.21 Å². The van der Waals surface area contributed by atoms with E-state index in [-0.39, 0.29) is 12.6 Å². The summed E-state index contributed by atoms with van der Waals surface area (Å²) in [4.78, 5) is 0. The van der Waals surface area contributed by atoms with Gasteiger partial charge in [-0.1, -0.05) is 6.07 Å². The third-order valence-electron chi connectivity index (χ3n) is 3.19. The fourth-order valence-electron chi connectivity index (χ4n) is 2.16. The number of sulfonamides is 1. The molecule has 1 aliphatic carbocycles. The molecule has 0 spiro atoms. The van der Waals surface area contributed by atoms with Crippen molar-refractivity contribution in [1.82, 2.24) is 4.72 Å². The van der Waals surface area contributed by atoms with Gasteiger partial charge in [0.15, 0.2) is 0 Å². The smallest absolute Gasteiger partial charge is 0.250 e. The van der Waals surface area contributed by atoms with Gasteiger partial charge >= 0.3 is 0 Å². The Balaban J connectivity index is 1.94. The lowest BCUT2D eigenvalue weighted by molar-refractivity contribution is 0.180. The van der Waals surface area contributed by atoms with Crippen molar-refractivity contribution in [3.63, 3.8) is 0 Å². The van der Waals surface area contributed by atoms with Crippen LogP contribution >= 0.6 is 11.3 Å². The average molecular weight is 275 g/mol. The van der Waals surface area contributed by atoms with Gasteiger partial charge in [-0.25, -0.2) is 13.1 Å². The van der Waals surface area contributed by atoms with Gasteiger partial charge in [-0.3, -0.25) is 0 Å². The van der Waals surface area contributed by atoms with Crippen LogP contribution in [0, 0.1) is 5.92 Å². The van der Waals surface area contributed by atoms with Gasteiger partial charge < -0.3 is 5.11 Å². The van der Waals surface area contributed by atoms with Gasteiger partial charge in [-0.05, 0) is 43.0 Å². The molecule has 1 aromatic rings. The van der Waals surface area contributed by atoms with Crippen molar-refractivity contribution in [2.45, 2.75) is 35.9 Å². The molecule has 4 nitrogen and oxygen atoms in total. The van der Waals surface area contributed by atoms with Crippen molar-refractivity contribution in [3.05, 3.63) is 17.5 Å². The van der Waals surface area contributed by atoms with E-state index in [1.807, 2.05) is 0 Å². The summed E-state index contributed by atoms with van der Waals surface area (Å²) in [6, 6.07) is 3.37. The van der Waals surface area contributed by atoms with Gasteiger partial charge in [-0.15, -0.1) is 11.3 Å². The van der Waals surface area contributed by atoms with Gasteiger partial charge in [0.25, 0.3) is 0 Å². The third-order valence-corrected chi connectivity index (χ3v) is 6.10. The molecule has 96 valence electrons. The quantitative estimate of drug-likeness (QED) is 0.876. The predicted molar refractivity (Wildman–Crippen MR) is 67.5 cm³/mol. The Morgan fingerprint density at radius 2 is 2.06 bits per heavy atom. The number of hydrogen-bond donors (Lipinski definition) is 2. The lowest BCUT2D eigenvalue weighted by Gasteiger charge is -2.27. The molecule has 6 heteroatoms. The first kappa shape index (κ1) is 13.0. The van der Waals surface area contributed by atoms with E-state index in [4.69, 9.17) is 5.11 Å². The Hall–Kier alpha value is -0.430. The zero-order valence-electron chi connectivity index (χ0n) is 9.50. The van der Waals surface area contributed by atoms with Crippen LogP contribution in [0.1, 0.15) is 25.7 Å². The lowest BCUT2D eigenvalue weighted by atomic mass is 9.87. The SMILES string of the molecule is O=S(=O)(NC1CCC(CO)CC1)c1cccs1. The standard InChI is InChI=1S/C11H17NO3S2/c13-8-9-3-5-10(6-4-9)12-17(14,15)11-2-1-7-16-11/h1-2,7,9-10,12-13H,3-6,8H2. The van der Waals surface area contributed by atoms with E-state index < -0.39 is 10.0 Å². The van der Waals surface area contributed by atoms with E-state index in [0.717, 1.165) is 25.7 Å². The first-order valence-corrected chi connectivity index (χ1v) is 8.15. The summed E-state index contributed by atoms with van der Waals surface area (Å²) < 4.78 is 27.0. The highest BCUT2D eigenvalue weighted by atomic mass is 32.2. The van der Waals surface area contributed by atoms with Crippen LogP contribution in [0.2, 0.25) is 0 Å². The van der Waals surface area contributed by atoms with E-state index in [2.05, 4.69) is 4.72 Å². The summed E-state index contributed by atoms with van der Waals surface area (Å²) in [6.07, 6.45) is 3.42. The van der Waals surface area contributed by atoms with Crippen molar-refractivity contribution in [1.29, 1.82) is 0 Å². The molecule has 0 atom stereocenters. The Labute approximate surface area is 106 Å². The van der Waals surface area contributed by atoms with Crippen LogP contribution in [0.3, 0.4) is 0 Å². The summed E-state index contributed by atoms with van der Waals surface area (Å²) in [7, 11) is -3.33. The van der Waals surface area contributed by atoms with Crippen LogP contribution < -0.4 is 4.72 Å². The summed E-state index contributed by atoms with van der Waals surface area (Å²) in [5.41, 5.74) is 0. The summed E-state index contributed by atoms with van der Waals surface area (Å²) >= 11 is 1.23. The second kappa shape index (κ2) is 5.48. The molecule has 1 heterocycles. The van der Waals surface area contributed by atoms with Gasteiger partial charge in [0.05, 0.1) is 0 Å². The number of aliphatic hydroxyl groups is 1. The van der Waals surface area contributed by atoms with Gasteiger partial charge in [0, 0.05) is 12.6 Å². The molecule has 1 aliphatic rings. The molecule has 1 fully saturated rings. The highest BCUT2D eigenvalue weighted by Gasteiger charge is 2.25. The summed E-state index contributed by atoms with van der Waals surface area (Å²) in [5, 5.41) is 10.8. The summed E-state index contributed by atoms with van der Waals surface area (Å²) in [6.45, 7) is 0.213. The highest BCUT2D eigenvalue weighted by Crippen LogP contribution is 2.25. The maximum atomic E-state index is 12.0. The monoisotopic (exact) mass is 275 g/mol. The lowest BCUT2D eigenvalue weighted by Crippen LogP contribution is -2.37. The van der Waals surface area contributed by atoms with E-state index >= 15 is 0 Å². The molecule has 1 aromatic heterocycles. The van der Waals surface area contributed by atoms with Crippen molar-refractivity contribution in [2.75, 3.05) is 6.61 Å². The maximum absolute atomic E-state index is 12.0. The van der Waals surface area contributed by atoms with E-state index in [1.165, 1.54) is 11.3 Å². The van der Waals surface area contributed by atoms with Crippen molar-refractivity contribution >= 4 is 21.4 Å². The molecule has 0 aliphatic heterocycles. The molecule has 0 bridgehead atoms. The van der Waals surface area contributed by atoms with Crippen molar-refractivity contribution in [2.24, 2.45) is 5.92 Å². The van der Waals surface area contributed by atoms with Crippen LogP contribution in [-0.4, -0.2) is 26.2 Å². The molecule has 0 aromatic carbocycles. The molecule has 0 unspecified atom stereocenters. The van der Waals surface area contributed by atoms with Gasteiger partial charge in [0.2, 0.25) is 10.0 Å². The summed E-state index contributed by atoms with van der Waals surface area (Å²) in [5.74, 6) is 0.345. The Bertz CT molecular complexity index is 433. The molecule has 0 saturated heterocycles. The number of thiophene rings is 1. The average Bonchev–Trinajstić information content (AvgIpc) is 2.84. The Kier molecular flexibility index (Phi) is 4.19. The Morgan fingerprint density at radius 3 is 2.59 bits per heavy atom. The van der Waals surface area contributed by atoms with E-state index in [0.29, 0.717) is 10.1 Å². The second-order valence-electron chi connectivity index (χ2n) is 4.45. The van der Waals surface area contributed by atoms with Crippen LogP contribution in [0.15, 0.2) is 21.7 Å². The van der Waals surface area contributed by atoms with Crippen LogP contribution in [0.5, 0.6) is 0 Å². The minimum atomic E-state index is -3.33. The third kappa shape index (κ3) is 3.28. The normalized spacial score (nSPS) is 25.9. The highest BCUT2D eigenvalue weighted by molar-refractivity contribution is 7.91. The molecule has 2 rings (SSSR count). The van der Waals surface area contributed by atoms with E-state index in [1.54, 1.807) is 17.5 Å². The fraction of sp³-hybridized carbons (Fsp3) is 0.636. The number of nitrogens with one attached hydrogen (secondary N) is 1. The molecule has 1 saturated carbocycles. The maximum Gasteiger partial charge on any atom is 0.250 e. The first-order valence-electron chi connectivity index (χ1n) is 5.78. The molecular weight excluding hydrogens is 258 g/mol. The van der Waals surface area contributed by atoms with Crippen LogP contribution in [0.4, 0.5) is 0 Å². The largest absolute Gasteiger partial charge is 0.396 e.